The number of fused-ring (bicyclic) bond motifs is 1. The molecule has 2 aliphatic rings. The summed E-state index contributed by atoms with van der Waals surface area (Å²) in [5.74, 6) is 0.280. The first-order chi connectivity index (χ1) is 12.3. The van der Waals surface area contributed by atoms with Gasteiger partial charge < -0.3 is 23.7 Å². The molecule has 0 unspecified atom stereocenters. The molecule has 10 heteroatoms. The van der Waals surface area contributed by atoms with E-state index in [4.69, 9.17) is 23.1 Å². The van der Waals surface area contributed by atoms with Gasteiger partial charge in [0.2, 0.25) is 0 Å². The van der Waals surface area contributed by atoms with Crippen molar-refractivity contribution in [1.29, 1.82) is 0 Å². The van der Waals surface area contributed by atoms with Crippen LogP contribution in [0, 0.1) is 0 Å². The fraction of sp³-hybridized carbons (Fsp3) is 0.562. The highest BCUT2D eigenvalue weighted by atomic mass is 32.2. The highest BCUT2D eigenvalue weighted by Crippen LogP contribution is 2.35. The first kappa shape index (κ1) is 18.9. The summed E-state index contributed by atoms with van der Waals surface area (Å²) in [4.78, 5) is 11.6. The molecular weight excluding hydrogens is 368 g/mol. The lowest BCUT2D eigenvalue weighted by molar-refractivity contribution is 0.0194. The van der Waals surface area contributed by atoms with E-state index in [2.05, 4.69) is 4.74 Å². The minimum atomic E-state index is -3.61. The molecular formula is C16H20O9S. The Labute approximate surface area is 151 Å². The van der Waals surface area contributed by atoms with Gasteiger partial charge >= 0.3 is 5.97 Å². The Morgan fingerprint density at radius 1 is 1.08 bits per heavy atom. The predicted octanol–water partition coefficient (Wildman–Crippen LogP) is 0.372. The zero-order valence-corrected chi connectivity index (χ0v) is 15.4. The summed E-state index contributed by atoms with van der Waals surface area (Å²) in [5, 5.41) is 0. The summed E-state index contributed by atoms with van der Waals surface area (Å²) >= 11 is 0. The second kappa shape index (κ2) is 7.39. The van der Waals surface area contributed by atoms with Gasteiger partial charge in [0.25, 0.3) is 10.1 Å². The van der Waals surface area contributed by atoms with Gasteiger partial charge in [0.1, 0.15) is 18.3 Å². The minimum absolute atomic E-state index is 0.0979. The first-order valence-electron chi connectivity index (χ1n) is 7.87. The van der Waals surface area contributed by atoms with Crippen LogP contribution in [0.1, 0.15) is 10.4 Å². The van der Waals surface area contributed by atoms with E-state index in [0.717, 1.165) is 6.26 Å². The first-order valence-corrected chi connectivity index (χ1v) is 9.68. The van der Waals surface area contributed by atoms with Gasteiger partial charge in [-0.15, -0.1) is 0 Å². The number of carbonyl (C=O) groups excluding carboxylic acids is 1. The number of esters is 1. The second-order valence-electron chi connectivity index (χ2n) is 5.95. The lowest BCUT2D eigenvalue weighted by Gasteiger charge is -2.19. The van der Waals surface area contributed by atoms with Crippen LogP contribution in [0.25, 0.3) is 0 Å². The smallest absolute Gasteiger partial charge is 0.337 e. The van der Waals surface area contributed by atoms with E-state index in [0.29, 0.717) is 17.1 Å². The lowest BCUT2D eigenvalue weighted by atomic mass is 10.1. The number of rotatable bonds is 6. The summed E-state index contributed by atoms with van der Waals surface area (Å²) in [6.07, 6.45) is -1.18. The van der Waals surface area contributed by atoms with Gasteiger partial charge in [-0.3, -0.25) is 4.18 Å². The molecule has 0 aliphatic carbocycles. The average molecular weight is 388 g/mol. The van der Waals surface area contributed by atoms with Crippen LogP contribution in [0.5, 0.6) is 11.5 Å². The van der Waals surface area contributed by atoms with Crippen LogP contribution in [0.3, 0.4) is 0 Å². The van der Waals surface area contributed by atoms with E-state index in [1.165, 1.54) is 20.3 Å². The molecule has 4 atom stereocenters. The average Bonchev–Trinajstić information content (AvgIpc) is 3.17. The fourth-order valence-corrected chi connectivity index (χ4v) is 3.62. The maximum Gasteiger partial charge on any atom is 0.337 e. The molecule has 0 aromatic heterocycles. The van der Waals surface area contributed by atoms with Crippen LogP contribution in [0.2, 0.25) is 0 Å². The molecule has 2 saturated heterocycles. The molecule has 3 rings (SSSR count). The lowest BCUT2D eigenvalue weighted by Crippen LogP contribution is -2.36. The van der Waals surface area contributed by atoms with Crippen LogP contribution in [-0.4, -0.2) is 72.5 Å². The monoisotopic (exact) mass is 388 g/mol. The van der Waals surface area contributed by atoms with E-state index >= 15 is 0 Å². The Bertz CT molecular complexity index is 776. The number of methoxy groups -OCH3 is 2. The highest BCUT2D eigenvalue weighted by molar-refractivity contribution is 7.86. The van der Waals surface area contributed by atoms with Crippen molar-refractivity contribution in [2.45, 2.75) is 24.4 Å². The molecule has 0 spiro atoms. The number of carbonyl (C=O) groups is 1. The maximum atomic E-state index is 11.6. The third-order valence-electron chi connectivity index (χ3n) is 4.12. The summed E-state index contributed by atoms with van der Waals surface area (Å²) in [6.45, 7) is 0.307. The van der Waals surface area contributed by atoms with Crippen LogP contribution in [0.15, 0.2) is 18.2 Å². The van der Waals surface area contributed by atoms with E-state index in [1.54, 1.807) is 12.1 Å². The van der Waals surface area contributed by atoms with E-state index < -0.39 is 40.5 Å². The van der Waals surface area contributed by atoms with Crippen molar-refractivity contribution in [3.8, 4) is 11.5 Å². The van der Waals surface area contributed by atoms with Crippen molar-refractivity contribution >= 4 is 16.1 Å². The molecule has 2 heterocycles. The molecule has 9 nitrogen and oxygen atoms in total. The van der Waals surface area contributed by atoms with Gasteiger partial charge in [0.15, 0.2) is 17.6 Å². The number of ether oxygens (including phenoxy) is 5. The molecule has 0 saturated carbocycles. The quantitative estimate of drug-likeness (QED) is 0.505. The fourth-order valence-electron chi connectivity index (χ4n) is 3.01. The van der Waals surface area contributed by atoms with Gasteiger partial charge in [-0.05, 0) is 18.2 Å². The van der Waals surface area contributed by atoms with Gasteiger partial charge in [0, 0.05) is 0 Å². The molecule has 2 fully saturated rings. The molecule has 1 aromatic carbocycles. The second-order valence-corrected chi connectivity index (χ2v) is 7.55. The van der Waals surface area contributed by atoms with Gasteiger partial charge in [-0.25, -0.2) is 4.79 Å². The largest absolute Gasteiger partial charge is 0.493 e. The van der Waals surface area contributed by atoms with Crippen molar-refractivity contribution in [3.05, 3.63) is 23.8 Å². The third kappa shape index (κ3) is 3.93. The van der Waals surface area contributed by atoms with E-state index in [1.807, 2.05) is 0 Å². The normalized spacial score (nSPS) is 27.8. The zero-order valence-electron chi connectivity index (χ0n) is 14.5. The molecule has 0 amide bonds. The van der Waals surface area contributed by atoms with Crippen molar-refractivity contribution in [2.75, 3.05) is 33.7 Å². The Morgan fingerprint density at radius 2 is 1.73 bits per heavy atom. The summed E-state index contributed by atoms with van der Waals surface area (Å²) < 4.78 is 54.8. The Kier molecular flexibility index (Phi) is 5.37. The minimum Gasteiger partial charge on any atom is -0.493 e. The number of hydrogen-bond donors (Lipinski definition) is 0. The van der Waals surface area contributed by atoms with Crippen molar-refractivity contribution in [2.24, 2.45) is 0 Å². The summed E-state index contributed by atoms with van der Waals surface area (Å²) in [5.41, 5.74) is 0.330. The molecule has 1 aromatic rings. The van der Waals surface area contributed by atoms with Crippen LogP contribution in [0.4, 0.5) is 0 Å². The van der Waals surface area contributed by atoms with Crippen LogP contribution in [-0.2, 0) is 28.5 Å². The molecule has 0 bridgehead atoms. The van der Waals surface area contributed by atoms with Crippen LogP contribution >= 0.6 is 0 Å². The van der Waals surface area contributed by atoms with Crippen LogP contribution < -0.4 is 9.47 Å². The predicted molar refractivity (Wildman–Crippen MR) is 87.9 cm³/mol. The van der Waals surface area contributed by atoms with Gasteiger partial charge in [0.05, 0.1) is 39.3 Å². The Morgan fingerprint density at radius 3 is 2.35 bits per heavy atom. The highest BCUT2D eigenvalue weighted by Gasteiger charge is 2.50. The Balaban J connectivity index is 1.72. The zero-order chi connectivity index (χ0) is 18.9. The standard InChI is InChI=1S/C16H20O9S/c1-20-11-6-9(16(17)21-2)4-5-10(11)24-12-7-22-15-13(8-23-14(12)15)25-26(3,18)19/h4-6,12-15H,7-8H2,1-3H3/t12-,13+,14-,15+/m0/s1. The molecule has 2 aliphatic heterocycles. The number of benzene rings is 1. The van der Waals surface area contributed by atoms with Crippen molar-refractivity contribution in [3.63, 3.8) is 0 Å². The SMILES string of the molecule is COC(=O)c1ccc(O[C@H]2CO[C@H]3[C@H]2OC[C@H]3OS(C)(=O)=O)c(OC)c1. The molecule has 26 heavy (non-hydrogen) atoms. The molecule has 144 valence electrons. The van der Waals surface area contributed by atoms with E-state index in [-0.39, 0.29) is 13.2 Å². The summed E-state index contributed by atoms with van der Waals surface area (Å²) in [7, 11) is -0.862. The maximum absolute atomic E-state index is 11.6. The molecule has 0 radical (unpaired) electrons. The van der Waals surface area contributed by atoms with Gasteiger partial charge in [-0.1, -0.05) is 0 Å². The third-order valence-corrected chi connectivity index (χ3v) is 4.72. The number of hydrogen-bond acceptors (Lipinski definition) is 9. The van der Waals surface area contributed by atoms with Gasteiger partial charge in [-0.2, -0.15) is 8.42 Å². The Hall–Kier alpha value is -1.88. The van der Waals surface area contributed by atoms with Crippen molar-refractivity contribution < 1.29 is 41.1 Å². The topological polar surface area (TPSA) is 107 Å². The summed E-state index contributed by atoms with van der Waals surface area (Å²) in [6, 6.07) is 4.67. The molecule has 0 N–H and O–H groups in total. The van der Waals surface area contributed by atoms with Crippen molar-refractivity contribution in [1.82, 2.24) is 0 Å². The van der Waals surface area contributed by atoms with E-state index in [9.17, 15) is 13.2 Å².